The molecule has 1 aliphatic rings. The van der Waals surface area contributed by atoms with Crippen LogP contribution in [-0.2, 0) is 0 Å². The largest absolute Gasteiger partial charge is 0.387 e. The third kappa shape index (κ3) is 7.29. The molecule has 0 bridgehead atoms. The van der Waals surface area contributed by atoms with E-state index in [0.29, 0.717) is 0 Å². The fraction of sp³-hybridized carbons (Fsp3) is 0.205. The molecule has 1 radical (unpaired) electrons. The molecule has 0 amide bonds. The number of hydrogen-bond acceptors (Lipinski definition) is 1. The van der Waals surface area contributed by atoms with E-state index in [1.807, 2.05) is 0 Å². The molecule has 6 rings (SSSR count). The van der Waals surface area contributed by atoms with Crippen LogP contribution < -0.4 is 26.5 Å². The minimum Gasteiger partial charge on any atom is -0.387 e. The van der Waals surface area contributed by atoms with Gasteiger partial charge in [-0.15, -0.1) is 0 Å². The van der Waals surface area contributed by atoms with Crippen molar-refractivity contribution >= 4 is 42.4 Å². The summed E-state index contributed by atoms with van der Waals surface area (Å²) in [5.41, 5.74) is 11.1. The molecule has 5 aromatic rings. The van der Waals surface area contributed by atoms with Crippen LogP contribution in [0.1, 0.15) is 56.2 Å². The highest BCUT2D eigenvalue weighted by molar-refractivity contribution is 7.80. The second kappa shape index (κ2) is 13.9. The van der Waals surface area contributed by atoms with Gasteiger partial charge in [0.25, 0.3) is 0 Å². The lowest BCUT2D eigenvalue weighted by molar-refractivity contribution is 0.205. The van der Waals surface area contributed by atoms with Crippen molar-refractivity contribution in [3.8, 4) is 0 Å². The van der Waals surface area contributed by atoms with Crippen LogP contribution in [0.15, 0.2) is 121 Å². The molecule has 237 valence electrons. The van der Waals surface area contributed by atoms with Crippen LogP contribution in [0.4, 0.5) is 0 Å². The van der Waals surface area contributed by atoms with Crippen LogP contribution in [0.3, 0.4) is 0 Å². The van der Waals surface area contributed by atoms with Gasteiger partial charge in [0.1, 0.15) is 0 Å². The number of allylic oxidation sites excluding steroid dienone is 2. The summed E-state index contributed by atoms with van der Waals surface area (Å²) in [6, 6.07) is 36.3. The Labute approximate surface area is 284 Å². The molecule has 5 aromatic carbocycles. The van der Waals surface area contributed by atoms with Gasteiger partial charge in [0.05, 0.1) is 12.0 Å². The molecule has 1 aliphatic carbocycles. The van der Waals surface area contributed by atoms with E-state index in [1.54, 1.807) is 0 Å². The van der Waals surface area contributed by atoms with Gasteiger partial charge in [0.2, 0.25) is 0 Å². The number of aliphatic hydroxyl groups excluding tert-OH is 1. The Balaban J connectivity index is 1.50. The van der Waals surface area contributed by atoms with Gasteiger partial charge in [-0.1, -0.05) is 160 Å². The molecule has 0 aliphatic heterocycles. The predicted molar refractivity (Wildman–Crippen MR) is 208 cm³/mol. The summed E-state index contributed by atoms with van der Waals surface area (Å²) in [4.78, 5) is 0. The SMILES string of the molecule is Cc1cc(C)cc(P(C2=CC=C[C]2[C@@H](O)c2ccccc2P(c2cc(C)cc(C)c2)c2cc(C)cc(C)c2)c2cc(C)cc(C)c2)c1. The highest BCUT2D eigenvalue weighted by Gasteiger charge is 2.35. The first-order valence-corrected chi connectivity index (χ1v) is 19.1. The molecule has 1 atom stereocenters. The van der Waals surface area contributed by atoms with Crippen molar-refractivity contribution in [1.29, 1.82) is 0 Å². The molecule has 0 saturated carbocycles. The van der Waals surface area contributed by atoms with Crippen molar-refractivity contribution in [1.82, 2.24) is 0 Å². The maximum absolute atomic E-state index is 12.6. The van der Waals surface area contributed by atoms with Gasteiger partial charge < -0.3 is 5.11 Å². The highest BCUT2D eigenvalue weighted by Crippen LogP contribution is 2.54. The third-order valence-electron chi connectivity index (χ3n) is 8.69. The zero-order valence-corrected chi connectivity index (χ0v) is 30.7. The molecule has 0 fully saturated rings. The van der Waals surface area contributed by atoms with Gasteiger partial charge in [-0.25, -0.2) is 0 Å². The second-order valence-corrected chi connectivity index (χ2v) is 17.8. The van der Waals surface area contributed by atoms with Crippen molar-refractivity contribution in [3.63, 3.8) is 0 Å². The summed E-state index contributed by atoms with van der Waals surface area (Å²) in [6.45, 7) is 17.5. The van der Waals surface area contributed by atoms with E-state index < -0.39 is 21.9 Å². The summed E-state index contributed by atoms with van der Waals surface area (Å²) in [7, 11) is -1.83. The third-order valence-corrected chi connectivity index (χ3v) is 13.6. The zero-order valence-electron chi connectivity index (χ0n) is 28.9. The van der Waals surface area contributed by atoms with E-state index in [0.717, 1.165) is 11.5 Å². The summed E-state index contributed by atoms with van der Waals surface area (Å²) in [5, 5.41) is 20.3. The standard InChI is InChI=1S/C44H45OP2/c1-28-16-29(2)21-36(20-28)46(37-22-30(3)17-31(4)23-37)42-14-10-9-12-40(42)44(45)41-13-11-15-43(41)47(38-24-32(5)18-33(6)25-38)39-26-34(7)19-35(8)27-39/h9-27,44-45H,1-8H3/t44-/m0/s1. The van der Waals surface area contributed by atoms with Crippen molar-refractivity contribution in [2.75, 3.05) is 0 Å². The van der Waals surface area contributed by atoms with Crippen molar-refractivity contribution in [2.24, 2.45) is 0 Å². The van der Waals surface area contributed by atoms with Crippen LogP contribution in [0.25, 0.3) is 0 Å². The fourth-order valence-electron chi connectivity index (χ4n) is 7.12. The molecule has 1 nitrogen and oxygen atoms in total. The van der Waals surface area contributed by atoms with Gasteiger partial charge >= 0.3 is 0 Å². The Morgan fingerprint density at radius 3 is 1.23 bits per heavy atom. The van der Waals surface area contributed by atoms with Gasteiger partial charge in [-0.05, 0) is 109 Å². The lowest BCUT2D eigenvalue weighted by Crippen LogP contribution is -2.27. The summed E-state index contributed by atoms with van der Waals surface area (Å²) < 4.78 is 0. The zero-order chi connectivity index (χ0) is 33.4. The topological polar surface area (TPSA) is 20.2 Å². The number of benzene rings is 5. The smallest absolute Gasteiger partial charge is 0.0941 e. The Hall–Kier alpha value is -3.60. The van der Waals surface area contributed by atoms with E-state index >= 15 is 0 Å². The lowest BCUT2D eigenvalue weighted by Gasteiger charge is -2.31. The molecule has 0 spiro atoms. The van der Waals surface area contributed by atoms with E-state index in [2.05, 4.69) is 171 Å². The first kappa shape index (κ1) is 33.3. The Morgan fingerprint density at radius 2 is 0.830 bits per heavy atom. The summed E-state index contributed by atoms with van der Waals surface area (Å²) in [6.07, 6.45) is 5.76. The van der Waals surface area contributed by atoms with E-state index in [-0.39, 0.29) is 0 Å². The molecular weight excluding hydrogens is 606 g/mol. The highest BCUT2D eigenvalue weighted by atomic mass is 31.1. The molecule has 0 unspecified atom stereocenters. The van der Waals surface area contributed by atoms with Gasteiger partial charge in [-0.3, -0.25) is 0 Å². The monoisotopic (exact) mass is 651 g/mol. The first-order chi connectivity index (χ1) is 22.5. The van der Waals surface area contributed by atoms with Crippen molar-refractivity contribution in [3.05, 3.63) is 177 Å². The fourth-order valence-corrected chi connectivity index (χ4v) is 12.9. The minimum atomic E-state index is -0.925. The Morgan fingerprint density at radius 1 is 0.468 bits per heavy atom. The van der Waals surface area contributed by atoms with E-state index in [9.17, 15) is 5.11 Å². The molecular formula is C44H45OP2. The molecule has 0 heterocycles. The number of aryl methyl sites for hydroxylation is 8. The first-order valence-electron chi connectivity index (χ1n) is 16.4. The maximum atomic E-state index is 12.6. The number of hydrogen-bond donors (Lipinski definition) is 1. The Bertz CT molecular complexity index is 1830. The molecule has 3 heteroatoms. The van der Waals surface area contributed by atoms with Crippen molar-refractivity contribution < 1.29 is 5.11 Å². The van der Waals surface area contributed by atoms with Gasteiger partial charge in [-0.2, -0.15) is 0 Å². The van der Waals surface area contributed by atoms with Crippen LogP contribution in [0.2, 0.25) is 0 Å². The van der Waals surface area contributed by atoms with E-state index in [4.69, 9.17) is 0 Å². The predicted octanol–water partition coefficient (Wildman–Crippen LogP) is 9.11. The molecule has 1 N–H and O–H groups in total. The number of rotatable bonds is 8. The van der Waals surface area contributed by atoms with Crippen LogP contribution in [-0.4, -0.2) is 5.11 Å². The van der Waals surface area contributed by atoms with Crippen LogP contribution in [0, 0.1) is 61.3 Å². The average molecular weight is 652 g/mol. The van der Waals surface area contributed by atoms with Crippen LogP contribution in [0.5, 0.6) is 0 Å². The molecule has 0 saturated heterocycles. The molecule has 0 aromatic heterocycles. The number of aliphatic hydroxyl groups is 1. The summed E-state index contributed by atoms with van der Waals surface area (Å²) >= 11 is 0. The Kier molecular flexibility index (Phi) is 9.82. The van der Waals surface area contributed by atoms with E-state index in [1.165, 1.54) is 76.3 Å². The molecule has 47 heavy (non-hydrogen) atoms. The van der Waals surface area contributed by atoms with Gasteiger partial charge in [0, 0.05) is 0 Å². The quantitative estimate of drug-likeness (QED) is 0.166. The normalized spacial score (nSPS) is 13.9. The maximum Gasteiger partial charge on any atom is 0.0941 e. The minimum absolute atomic E-state index is 0.764. The van der Waals surface area contributed by atoms with Crippen molar-refractivity contribution in [2.45, 2.75) is 61.5 Å². The van der Waals surface area contributed by atoms with Gasteiger partial charge in [0.15, 0.2) is 0 Å². The average Bonchev–Trinajstić information content (AvgIpc) is 3.45. The summed E-state index contributed by atoms with van der Waals surface area (Å²) in [5.74, 6) is 0.998. The lowest BCUT2D eigenvalue weighted by atomic mass is 9.97. The second-order valence-electron chi connectivity index (χ2n) is 13.4. The van der Waals surface area contributed by atoms with Crippen LogP contribution >= 0.6 is 15.8 Å².